The van der Waals surface area contributed by atoms with Gasteiger partial charge in [0.1, 0.15) is 0 Å². The number of urea groups is 1. The van der Waals surface area contributed by atoms with Crippen LogP contribution in [0.25, 0.3) is 0 Å². The second-order valence-corrected chi connectivity index (χ2v) is 4.90. The third kappa shape index (κ3) is 3.94. The summed E-state index contributed by atoms with van der Waals surface area (Å²) in [5.74, 6) is 0. The lowest BCUT2D eigenvalue weighted by Crippen LogP contribution is -2.35. The summed E-state index contributed by atoms with van der Waals surface area (Å²) in [6, 6.07) is 7.41. The zero-order chi connectivity index (χ0) is 13.7. The molecule has 1 fully saturated rings. The van der Waals surface area contributed by atoms with Crippen LogP contribution in [0.5, 0.6) is 0 Å². The number of likely N-dealkylation sites (tertiary alicyclic amines) is 1. The molecule has 0 aromatic heterocycles. The van der Waals surface area contributed by atoms with Crippen LogP contribution in [-0.4, -0.2) is 35.2 Å². The number of anilines is 1. The van der Waals surface area contributed by atoms with Crippen molar-refractivity contribution in [2.45, 2.75) is 31.9 Å². The van der Waals surface area contributed by atoms with Crippen LogP contribution >= 0.6 is 0 Å². The van der Waals surface area contributed by atoms with E-state index in [1.165, 1.54) is 0 Å². The average molecular weight is 263 g/mol. The summed E-state index contributed by atoms with van der Waals surface area (Å²) in [7, 11) is 0. The third-order valence-corrected chi connectivity index (χ3v) is 3.43. The van der Waals surface area contributed by atoms with Crippen molar-refractivity contribution >= 4 is 11.7 Å². The van der Waals surface area contributed by atoms with Crippen LogP contribution in [0, 0.1) is 0 Å². The SMILES string of the molecule is NCc1ccc(NC(=O)N2CCCC(O)CC2)cc1. The summed E-state index contributed by atoms with van der Waals surface area (Å²) in [6.07, 6.45) is 2.00. The maximum absolute atomic E-state index is 12.1. The number of nitrogens with zero attached hydrogens (tertiary/aromatic N) is 1. The van der Waals surface area contributed by atoms with Gasteiger partial charge in [0, 0.05) is 25.3 Å². The van der Waals surface area contributed by atoms with Gasteiger partial charge in [-0.15, -0.1) is 0 Å². The fourth-order valence-corrected chi connectivity index (χ4v) is 2.21. The lowest BCUT2D eigenvalue weighted by atomic mass is 10.2. The van der Waals surface area contributed by atoms with Gasteiger partial charge in [0.05, 0.1) is 6.10 Å². The van der Waals surface area contributed by atoms with Crippen molar-refractivity contribution in [3.63, 3.8) is 0 Å². The van der Waals surface area contributed by atoms with Crippen molar-refractivity contribution in [3.05, 3.63) is 29.8 Å². The highest BCUT2D eigenvalue weighted by atomic mass is 16.3. The molecule has 1 aromatic rings. The van der Waals surface area contributed by atoms with Gasteiger partial charge in [-0.3, -0.25) is 0 Å². The van der Waals surface area contributed by atoms with Crippen molar-refractivity contribution in [2.24, 2.45) is 5.73 Å². The van der Waals surface area contributed by atoms with Crippen molar-refractivity contribution in [1.82, 2.24) is 4.90 Å². The number of benzene rings is 1. The van der Waals surface area contributed by atoms with E-state index in [2.05, 4.69) is 5.32 Å². The van der Waals surface area contributed by atoms with E-state index in [9.17, 15) is 9.90 Å². The zero-order valence-corrected chi connectivity index (χ0v) is 11.0. The van der Waals surface area contributed by atoms with Gasteiger partial charge in [0.2, 0.25) is 0 Å². The summed E-state index contributed by atoms with van der Waals surface area (Å²) < 4.78 is 0. The molecule has 1 unspecified atom stereocenters. The summed E-state index contributed by atoms with van der Waals surface area (Å²) in [5, 5.41) is 12.4. The predicted octanol–water partition coefficient (Wildman–Crippen LogP) is 1.52. The van der Waals surface area contributed by atoms with Gasteiger partial charge < -0.3 is 21.1 Å². The minimum Gasteiger partial charge on any atom is -0.393 e. The number of hydrogen-bond acceptors (Lipinski definition) is 3. The van der Waals surface area contributed by atoms with E-state index in [-0.39, 0.29) is 12.1 Å². The fraction of sp³-hybridized carbons (Fsp3) is 0.500. The van der Waals surface area contributed by atoms with Crippen molar-refractivity contribution in [1.29, 1.82) is 0 Å². The molecule has 104 valence electrons. The molecule has 5 nitrogen and oxygen atoms in total. The highest BCUT2D eigenvalue weighted by molar-refractivity contribution is 5.89. The highest BCUT2D eigenvalue weighted by Gasteiger charge is 2.19. The first-order valence-electron chi connectivity index (χ1n) is 6.72. The average Bonchev–Trinajstić information content (AvgIpc) is 2.64. The Kier molecular flexibility index (Phi) is 4.76. The van der Waals surface area contributed by atoms with E-state index in [0.717, 1.165) is 24.1 Å². The molecule has 0 spiro atoms. The van der Waals surface area contributed by atoms with Gasteiger partial charge >= 0.3 is 6.03 Å². The molecule has 4 N–H and O–H groups in total. The first-order chi connectivity index (χ1) is 9.19. The lowest BCUT2D eigenvalue weighted by Gasteiger charge is -2.20. The van der Waals surface area contributed by atoms with E-state index in [1.807, 2.05) is 24.3 Å². The molecule has 0 aliphatic carbocycles. The number of nitrogens with one attached hydrogen (secondary N) is 1. The van der Waals surface area contributed by atoms with Crippen LogP contribution < -0.4 is 11.1 Å². The first-order valence-corrected chi connectivity index (χ1v) is 6.72. The van der Waals surface area contributed by atoms with Crippen molar-refractivity contribution in [2.75, 3.05) is 18.4 Å². The normalized spacial score (nSPS) is 19.9. The largest absolute Gasteiger partial charge is 0.393 e. The number of aliphatic hydroxyl groups excluding tert-OH is 1. The topological polar surface area (TPSA) is 78.6 Å². The smallest absolute Gasteiger partial charge is 0.321 e. The zero-order valence-electron chi connectivity index (χ0n) is 11.0. The minimum atomic E-state index is -0.276. The number of aliphatic hydroxyl groups is 1. The summed E-state index contributed by atoms with van der Waals surface area (Å²) >= 11 is 0. The van der Waals surface area contributed by atoms with Crippen LogP contribution in [0.3, 0.4) is 0 Å². The van der Waals surface area contributed by atoms with Crippen LogP contribution in [0.4, 0.5) is 10.5 Å². The molecule has 0 radical (unpaired) electrons. The second kappa shape index (κ2) is 6.54. The Hall–Kier alpha value is -1.59. The Balaban J connectivity index is 1.92. The molecule has 2 rings (SSSR count). The molecule has 0 bridgehead atoms. The van der Waals surface area contributed by atoms with Gasteiger partial charge in [-0.25, -0.2) is 4.79 Å². The monoisotopic (exact) mass is 263 g/mol. The lowest BCUT2D eigenvalue weighted by molar-refractivity contribution is 0.156. The van der Waals surface area contributed by atoms with Crippen LogP contribution in [0.2, 0.25) is 0 Å². The van der Waals surface area contributed by atoms with E-state index < -0.39 is 0 Å². The van der Waals surface area contributed by atoms with Crippen LogP contribution in [-0.2, 0) is 6.54 Å². The van der Waals surface area contributed by atoms with Gasteiger partial charge in [0.15, 0.2) is 0 Å². The molecule has 1 saturated heterocycles. The number of amides is 2. The van der Waals surface area contributed by atoms with E-state index in [4.69, 9.17) is 5.73 Å². The molecule has 1 aliphatic heterocycles. The third-order valence-electron chi connectivity index (χ3n) is 3.43. The Labute approximate surface area is 113 Å². The molecule has 5 heteroatoms. The Morgan fingerprint density at radius 2 is 2.05 bits per heavy atom. The van der Waals surface area contributed by atoms with Gasteiger partial charge in [-0.05, 0) is 37.0 Å². The molecule has 1 aromatic carbocycles. The molecular weight excluding hydrogens is 242 g/mol. The van der Waals surface area contributed by atoms with Crippen molar-refractivity contribution in [3.8, 4) is 0 Å². The molecular formula is C14H21N3O2. The number of nitrogens with two attached hydrogens (primary N) is 1. The van der Waals surface area contributed by atoms with Crippen molar-refractivity contribution < 1.29 is 9.90 Å². The predicted molar refractivity (Wildman–Crippen MR) is 74.8 cm³/mol. The minimum absolute atomic E-state index is 0.102. The summed E-state index contributed by atoms with van der Waals surface area (Å²) in [4.78, 5) is 13.8. The quantitative estimate of drug-likeness (QED) is 0.757. The van der Waals surface area contributed by atoms with E-state index in [0.29, 0.717) is 26.1 Å². The maximum Gasteiger partial charge on any atom is 0.321 e. The fourth-order valence-electron chi connectivity index (χ4n) is 2.21. The van der Waals surface area contributed by atoms with E-state index in [1.54, 1.807) is 4.90 Å². The Morgan fingerprint density at radius 1 is 1.32 bits per heavy atom. The molecule has 2 amide bonds. The molecule has 19 heavy (non-hydrogen) atoms. The summed E-state index contributed by atoms with van der Waals surface area (Å²) in [5.41, 5.74) is 7.34. The highest BCUT2D eigenvalue weighted by Crippen LogP contribution is 2.14. The maximum atomic E-state index is 12.1. The number of hydrogen-bond donors (Lipinski definition) is 3. The molecule has 1 heterocycles. The van der Waals surface area contributed by atoms with Crippen LogP contribution in [0.15, 0.2) is 24.3 Å². The molecule has 1 atom stereocenters. The van der Waals surface area contributed by atoms with E-state index >= 15 is 0 Å². The number of rotatable bonds is 2. The first kappa shape index (κ1) is 13.8. The summed E-state index contributed by atoms with van der Waals surface area (Å²) in [6.45, 7) is 1.80. The number of carbonyl (C=O) groups excluding carboxylic acids is 1. The standard InChI is InChI=1S/C14H21N3O2/c15-10-11-3-5-12(6-4-11)16-14(19)17-8-1-2-13(18)7-9-17/h3-6,13,18H,1-2,7-10,15H2,(H,16,19). The molecule has 0 saturated carbocycles. The Morgan fingerprint density at radius 3 is 2.74 bits per heavy atom. The van der Waals surface area contributed by atoms with Crippen LogP contribution in [0.1, 0.15) is 24.8 Å². The van der Waals surface area contributed by atoms with Gasteiger partial charge in [-0.1, -0.05) is 12.1 Å². The second-order valence-electron chi connectivity index (χ2n) is 4.90. The number of carbonyl (C=O) groups is 1. The van der Waals surface area contributed by atoms with Gasteiger partial charge in [-0.2, -0.15) is 0 Å². The molecule has 1 aliphatic rings. The van der Waals surface area contributed by atoms with Gasteiger partial charge in [0.25, 0.3) is 0 Å². The Bertz CT molecular complexity index is 419.